The van der Waals surface area contributed by atoms with Crippen molar-refractivity contribution in [2.75, 3.05) is 19.0 Å². The molecule has 0 fully saturated rings. The topological polar surface area (TPSA) is 65.1 Å². The summed E-state index contributed by atoms with van der Waals surface area (Å²) in [5, 5.41) is 8.09. The van der Waals surface area contributed by atoms with Crippen LogP contribution in [0.15, 0.2) is 24.3 Å². The van der Waals surface area contributed by atoms with E-state index in [1.54, 1.807) is 11.8 Å². The van der Waals surface area contributed by atoms with Crippen LogP contribution in [-0.4, -0.2) is 28.5 Å². The van der Waals surface area contributed by atoms with Gasteiger partial charge in [0, 0.05) is 18.5 Å². The van der Waals surface area contributed by atoms with E-state index < -0.39 is 0 Å². The number of nitrogens with two attached hydrogens (primary N) is 1. The first-order chi connectivity index (χ1) is 9.69. The summed E-state index contributed by atoms with van der Waals surface area (Å²) < 4.78 is 6.79. The normalized spacial score (nSPS) is 12.8. The molecular formula is C14H16N4OS. The zero-order valence-corrected chi connectivity index (χ0v) is 12.0. The predicted octanol–water partition coefficient (Wildman–Crippen LogP) is 1.54. The molecular weight excluding hydrogens is 272 g/mol. The Bertz CT molecular complexity index is 648. The molecule has 0 amide bonds. The van der Waals surface area contributed by atoms with Gasteiger partial charge in [-0.2, -0.15) is 9.78 Å². The summed E-state index contributed by atoms with van der Waals surface area (Å²) in [7, 11) is 1.66. The molecule has 2 aromatic rings. The number of rotatable bonds is 3. The number of anilines is 1. The molecule has 0 saturated carbocycles. The Balaban J connectivity index is 1.90. The van der Waals surface area contributed by atoms with Gasteiger partial charge in [0.05, 0.1) is 12.8 Å². The van der Waals surface area contributed by atoms with Crippen LogP contribution in [0.3, 0.4) is 0 Å². The number of aromatic nitrogens is 2. The van der Waals surface area contributed by atoms with Crippen molar-refractivity contribution in [2.24, 2.45) is 5.73 Å². The Kier molecular flexibility index (Phi) is 3.31. The molecule has 2 heterocycles. The molecule has 1 aromatic carbocycles. The van der Waals surface area contributed by atoms with Gasteiger partial charge >= 0.3 is 0 Å². The van der Waals surface area contributed by atoms with Crippen LogP contribution in [0.4, 0.5) is 5.82 Å². The fraction of sp³-hybridized carbons (Fsp3) is 0.286. The number of hydrogen-bond acceptors (Lipinski definition) is 4. The highest BCUT2D eigenvalue weighted by atomic mass is 32.1. The Morgan fingerprint density at radius 2 is 2.20 bits per heavy atom. The maximum atomic E-state index is 5.71. The number of nitrogens with zero attached hydrogens (tertiary/aromatic N) is 2. The molecule has 0 bridgehead atoms. The second-order valence-corrected chi connectivity index (χ2v) is 5.14. The molecule has 0 aliphatic carbocycles. The van der Waals surface area contributed by atoms with Crippen molar-refractivity contribution >= 4 is 23.1 Å². The van der Waals surface area contributed by atoms with Crippen molar-refractivity contribution < 1.29 is 4.74 Å². The van der Waals surface area contributed by atoms with E-state index in [9.17, 15) is 0 Å². The van der Waals surface area contributed by atoms with E-state index in [1.165, 1.54) is 11.1 Å². The Morgan fingerprint density at radius 3 is 2.85 bits per heavy atom. The lowest BCUT2D eigenvalue weighted by atomic mass is 10.1. The monoisotopic (exact) mass is 288 g/mol. The summed E-state index contributed by atoms with van der Waals surface area (Å²) in [6.45, 7) is 0.908. The van der Waals surface area contributed by atoms with Crippen LogP contribution in [0.2, 0.25) is 0 Å². The highest BCUT2D eigenvalue weighted by Gasteiger charge is 2.23. The second-order valence-electron chi connectivity index (χ2n) is 4.73. The van der Waals surface area contributed by atoms with E-state index in [2.05, 4.69) is 10.4 Å². The first-order valence-corrected chi connectivity index (χ1v) is 6.87. The molecule has 1 aliphatic rings. The highest BCUT2D eigenvalue weighted by molar-refractivity contribution is 7.80. The van der Waals surface area contributed by atoms with E-state index in [0.29, 0.717) is 0 Å². The van der Waals surface area contributed by atoms with Crippen molar-refractivity contribution in [1.82, 2.24) is 9.78 Å². The van der Waals surface area contributed by atoms with Gasteiger partial charge in [-0.15, -0.1) is 0 Å². The average molecular weight is 288 g/mol. The largest absolute Gasteiger partial charge is 0.497 e. The van der Waals surface area contributed by atoms with Gasteiger partial charge in [0.1, 0.15) is 11.6 Å². The molecule has 0 spiro atoms. The number of thiocarbonyl (C=S) groups is 1. The van der Waals surface area contributed by atoms with E-state index in [4.69, 9.17) is 22.7 Å². The maximum Gasteiger partial charge on any atom is 0.193 e. The molecule has 5 nitrogen and oxygen atoms in total. The van der Waals surface area contributed by atoms with Crippen molar-refractivity contribution in [3.05, 3.63) is 41.1 Å². The lowest BCUT2D eigenvalue weighted by molar-refractivity contribution is 0.414. The van der Waals surface area contributed by atoms with Gasteiger partial charge in [0.25, 0.3) is 0 Å². The van der Waals surface area contributed by atoms with Crippen molar-refractivity contribution in [3.63, 3.8) is 0 Å². The van der Waals surface area contributed by atoms with Crippen LogP contribution in [0.1, 0.15) is 16.8 Å². The van der Waals surface area contributed by atoms with Crippen LogP contribution in [0, 0.1) is 0 Å². The summed E-state index contributed by atoms with van der Waals surface area (Å²) >= 11 is 5.04. The Labute approximate surface area is 122 Å². The number of benzene rings is 1. The van der Waals surface area contributed by atoms with Gasteiger partial charge in [-0.1, -0.05) is 12.1 Å². The molecule has 3 N–H and O–H groups in total. The van der Waals surface area contributed by atoms with Crippen LogP contribution in [-0.2, 0) is 12.8 Å². The van der Waals surface area contributed by atoms with Crippen molar-refractivity contribution in [1.29, 1.82) is 0 Å². The van der Waals surface area contributed by atoms with Crippen molar-refractivity contribution in [2.45, 2.75) is 12.8 Å². The maximum absolute atomic E-state index is 5.71. The third-order valence-corrected chi connectivity index (χ3v) is 3.65. The quantitative estimate of drug-likeness (QED) is 0.839. The minimum atomic E-state index is 0.275. The first-order valence-electron chi connectivity index (χ1n) is 6.46. The third-order valence-electron chi connectivity index (χ3n) is 3.47. The fourth-order valence-electron chi connectivity index (χ4n) is 2.48. The van der Waals surface area contributed by atoms with E-state index in [-0.39, 0.29) is 5.11 Å². The van der Waals surface area contributed by atoms with Gasteiger partial charge in [-0.3, -0.25) is 0 Å². The Morgan fingerprint density at radius 1 is 1.45 bits per heavy atom. The van der Waals surface area contributed by atoms with Crippen LogP contribution < -0.4 is 15.8 Å². The van der Waals surface area contributed by atoms with Crippen LogP contribution in [0.25, 0.3) is 0 Å². The van der Waals surface area contributed by atoms with E-state index >= 15 is 0 Å². The lowest BCUT2D eigenvalue weighted by Crippen LogP contribution is -2.22. The van der Waals surface area contributed by atoms with Gasteiger partial charge in [0.15, 0.2) is 5.11 Å². The molecule has 6 heteroatoms. The summed E-state index contributed by atoms with van der Waals surface area (Å²) in [5.41, 5.74) is 9.14. The Hall–Kier alpha value is -2.08. The zero-order chi connectivity index (χ0) is 14.1. The standard InChI is InChI=1S/C14H16N4OS/c1-19-10-4-2-9(3-5-10)8-12-11-6-7-16-13(11)18(17-12)14(15)20/h2-5,16H,6-8H2,1H3,(H2,15,20). The predicted molar refractivity (Wildman–Crippen MR) is 82.4 cm³/mol. The molecule has 0 saturated heterocycles. The summed E-state index contributed by atoms with van der Waals surface area (Å²) in [6.07, 6.45) is 1.73. The molecule has 1 aromatic heterocycles. The number of ether oxygens (including phenoxy) is 1. The number of nitrogens with one attached hydrogen (secondary N) is 1. The lowest BCUT2D eigenvalue weighted by Gasteiger charge is -2.03. The molecule has 0 unspecified atom stereocenters. The van der Waals surface area contributed by atoms with Gasteiger partial charge in [-0.05, 0) is 36.3 Å². The molecule has 104 valence electrons. The fourth-order valence-corrected chi connectivity index (χ4v) is 2.62. The summed E-state index contributed by atoms with van der Waals surface area (Å²) in [5.74, 6) is 1.80. The molecule has 1 aliphatic heterocycles. The first kappa shape index (κ1) is 12.9. The molecule has 0 atom stereocenters. The molecule has 20 heavy (non-hydrogen) atoms. The van der Waals surface area contributed by atoms with Crippen molar-refractivity contribution in [3.8, 4) is 5.75 Å². The number of hydrogen-bond donors (Lipinski definition) is 2. The minimum absolute atomic E-state index is 0.275. The average Bonchev–Trinajstić information content (AvgIpc) is 3.03. The van der Waals surface area contributed by atoms with Gasteiger partial charge in [-0.25, -0.2) is 0 Å². The highest BCUT2D eigenvalue weighted by Crippen LogP contribution is 2.27. The third kappa shape index (κ3) is 2.22. The van der Waals surface area contributed by atoms with Crippen LogP contribution >= 0.6 is 12.2 Å². The van der Waals surface area contributed by atoms with E-state index in [1.807, 2.05) is 24.3 Å². The summed E-state index contributed by atoms with van der Waals surface area (Å²) in [6, 6.07) is 8.01. The molecule has 3 rings (SSSR count). The molecule has 0 radical (unpaired) electrons. The van der Waals surface area contributed by atoms with Gasteiger partial charge in [0.2, 0.25) is 0 Å². The second kappa shape index (κ2) is 5.13. The van der Waals surface area contributed by atoms with Gasteiger partial charge < -0.3 is 15.8 Å². The summed E-state index contributed by atoms with van der Waals surface area (Å²) in [4.78, 5) is 0. The SMILES string of the molecule is COc1ccc(Cc2nn(C(N)=S)c3c2CCN3)cc1. The number of fused-ring (bicyclic) bond motifs is 1. The minimum Gasteiger partial charge on any atom is -0.497 e. The zero-order valence-electron chi connectivity index (χ0n) is 11.2. The number of methoxy groups -OCH3 is 1. The smallest absolute Gasteiger partial charge is 0.193 e. The van der Waals surface area contributed by atoms with E-state index in [0.717, 1.165) is 36.6 Å². The van der Waals surface area contributed by atoms with Crippen LogP contribution in [0.5, 0.6) is 5.75 Å².